The highest BCUT2D eigenvalue weighted by molar-refractivity contribution is 7.20. The third-order valence-electron chi connectivity index (χ3n) is 19.4. The van der Waals surface area contributed by atoms with E-state index in [0.29, 0.717) is 27.8 Å². The molecular weight excluding hydrogens is 1200 g/mol. The van der Waals surface area contributed by atoms with Crippen molar-refractivity contribution in [2.75, 3.05) is 0 Å². The first-order valence-electron chi connectivity index (χ1n) is 32.0. The molecule has 0 amide bonds. The zero-order valence-electron chi connectivity index (χ0n) is 52.0. The Kier molecular flexibility index (Phi) is 14.7. The molecule has 2 aromatic heterocycles. The second kappa shape index (κ2) is 24.3. The minimum absolute atomic E-state index is 0.471. The lowest BCUT2D eigenvalue weighted by molar-refractivity contribution is 1.17. The van der Waals surface area contributed by atoms with Crippen LogP contribution < -0.4 is 41.5 Å². The lowest BCUT2D eigenvalue weighted by atomic mass is 9.97. The SMILES string of the molecule is N#Cc1cc(-c2ccc(-n3c4ccccc4c4ccccc43)cc2)c(C#N)c([Si](c2ccccc2)(c2ccccc2)c2ccc(-c3cccc4c3c3ccccc3n4-c3ccc(-c4ccc([Si](c5ccccc5)(c5ccccc5)c5ccccc5)cc4C#N)cc3C#N)cc2)c1. The summed E-state index contributed by atoms with van der Waals surface area (Å²) in [5.41, 5.74) is 12.9. The first-order chi connectivity index (χ1) is 47.5. The molecule has 0 aliphatic carbocycles. The Morgan fingerprint density at radius 2 is 0.698 bits per heavy atom. The smallest absolute Gasteiger partial charge is 0.181 e. The zero-order chi connectivity index (χ0) is 64.7. The Morgan fingerprint density at radius 3 is 1.22 bits per heavy atom. The van der Waals surface area contributed by atoms with Crippen molar-refractivity contribution in [3.8, 4) is 69.0 Å². The van der Waals surface area contributed by atoms with Crippen LogP contribution in [0.15, 0.2) is 340 Å². The molecule has 0 aliphatic heterocycles. The molecular formula is C88H56N6Si2. The quantitative estimate of drug-likeness (QED) is 0.0847. The van der Waals surface area contributed by atoms with Gasteiger partial charge in [0, 0.05) is 32.8 Å². The Hall–Kier alpha value is -12.9. The highest BCUT2D eigenvalue weighted by Crippen LogP contribution is 2.41. The first-order valence-corrected chi connectivity index (χ1v) is 36.0. The molecule has 14 aromatic carbocycles. The Labute approximate surface area is 558 Å². The van der Waals surface area contributed by atoms with Crippen molar-refractivity contribution in [3.05, 3.63) is 362 Å². The normalized spacial score (nSPS) is 11.5. The fourth-order valence-corrected chi connectivity index (χ4v) is 25.0. The fraction of sp³-hybridized carbons (Fsp3) is 0. The molecule has 0 fully saturated rings. The van der Waals surface area contributed by atoms with Gasteiger partial charge in [0.05, 0.1) is 68.2 Å². The predicted molar refractivity (Wildman–Crippen MR) is 398 cm³/mol. The molecule has 0 spiro atoms. The number of aromatic nitrogens is 2. The van der Waals surface area contributed by atoms with Gasteiger partial charge in [-0.05, 0) is 136 Å². The summed E-state index contributed by atoms with van der Waals surface area (Å²) in [6, 6.07) is 129. The molecule has 96 heavy (non-hydrogen) atoms. The number of rotatable bonds is 13. The van der Waals surface area contributed by atoms with Crippen molar-refractivity contribution in [1.82, 2.24) is 9.13 Å². The topological polar surface area (TPSA) is 105 Å². The number of fused-ring (bicyclic) bond motifs is 6. The van der Waals surface area contributed by atoms with Gasteiger partial charge in [-0.2, -0.15) is 21.0 Å². The van der Waals surface area contributed by atoms with E-state index in [0.717, 1.165) is 98.0 Å². The zero-order valence-corrected chi connectivity index (χ0v) is 54.0. The molecule has 0 atom stereocenters. The first kappa shape index (κ1) is 58.2. The van der Waals surface area contributed by atoms with Crippen LogP contribution in [0.4, 0.5) is 0 Å². The van der Waals surface area contributed by atoms with E-state index in [9.17, 15) is 21.0 Å². The molecule has 8 heteroatoms. The summed E-state index contributed by atoms with van der Waals surface area (Å²) >= 11 is 0. The summed E-state index contributed by atoms with van der Waals surface area (Å²) in [4.78, 5) is 0. The number of hydrogen-bond acceptors (Lipinski definition) is 4. The van der Waals surface area contributed by atoms with E-state index in [4.69, 9.17) is 0 Å². The number of benzene rings is 14. The molecule has 6 nitrogen and oxygen atoms in total. The summed E-state index contributed by atoms with van der Waals surface area (Å²) in [5.74, 6) is 0. The Morgan fingerprint density at radius 1 is 0.260 bits per heavy atom. The summed E-state index contributed by atoms with van der Waals surface area (Å²) in [7, 11) is -6.42. The summed E-state index contributed by atoms with van der Waals surface area (Å²) < 4.78 is 4.48. The van der Waals surface area contributed by atoms with Crippen LogP contribution in [0.2, 0.25) is 0 Å². The third-order valence-corrected chi connectivity index (χ3v) is 29.0. The minimum atomic E-state index is -3.48. The highest BCUT2D eigenvalue weighted by Gasteiger charge is 2.45. The van der Waals surface area contributed by atoms with Gasteiger partial charge in [0.1, 0.15) is 6.07 Å². The molecule has 0 unspecified atom stereocenters. The van der Waals surface area contributed by atoms with Crippen molar-refractivity contribution < 1.29 is 0 Å². The Balaban J connectivity index is 0.813. The molecule has 0 saturated heterocycles. The second-order valence-corrected chi connectivity index (χ2v) is 31.8. The van der Waals surface area contributed by atoms with Crippen molar-refractivity contribution in [3.63, 3.8) is 0 Å². The van der Waals surface area contributed by atoms with Crippen molar-refractivity contribution in [2.45, 2.75) is 0 Å². The van der Waals surface area contributed by atoms with Gasteiger partial charge in [0.2, 0.25) is 0 Å². The third kappa shape index (κ3) is 9.33. The number of nitrogens with zero attached hydrogens (tertiary/aromatic N) is 6. The van der Waals surface area contributed by atoms with Crippen LogP contribution in [0.25, 0.3) is 88.4 Å². The van der Waals surface area contributed by atoms with E-state index in [1.165, 1.54) is 26.3 Å². The molecule has 446 valence electrons. The van der Waals surface area contributed by atoms with Gasteiger partial charge in [-0.25, -0.2) is 0 Å². The molecule has 0 N–H and O–H groups in total. The second-order valence-electron chi connectivity index (χ2n) is 24.3. The summed E-state index contributed by atoms with van der Waals surface area (Å²) in [6.45, 7) is 0. The largest absolute Gasteiger partial charge is 0.309 e. The minimum Gasteiger partial charge on any atom is -0.309 e. The standard InChI is InChI=1S/C88H56N6Si2/c89-57-61-53-80(63-41-46-67(47-42-63)93-83-37-19-16-33-77(83)78-34-17-20-38-84(78)93)81(60-92)87(54-61)96(71-29-12-4-13-30-71,72-31-14-5-15-32-72)73-48-43-62(44-49-73)76-36-22-40-86-88(76)79-35-18-21-39-85(79)94(86)82-52-45-64(55-66(82)59-91)75-51-50-74(56-65(75)58-90)95(68-23-6-1-7-24-68,69-25-8-2-9-26-69)70-27-10-3-11-28-70/h1-56H. The van der Waals surface area contributed by atoms with Gasteiger partial charge < -0.3 is 9.13 Å². The van der Waals surface area contributed by atoms with Crippen LogP contribution in [0.1, 0.15) is 22.3 Å². The van der Waals surface area contributed by atoms with Crippen molar-refractivity contribution in [1.29, 1.82) is 21.0 Å². The van der Waals surface area contributed by atoms with E-state index in [2.05, 4.69) is 325 Å². The van der Waals surface area contributed by atoms with E-state index in [1.807, 2.05) is 48.5 Å². The summed E-state index contributed by atoms with van der Waals surface area (Å²) in [6.07, 6.45) is 0. The van der Waals surface area contributed by atoms with Gasteiger partial charge in [0.15, 0.2) is 16.1 Å². The van der Waals surface area contributed by atoms with Gasteiger partial charge in [0.25, 0.3) is 0 Å². The van der Waals surface area contributed by atoms with Gasteiger partial charge in [-0.15, -0.1) is 0 Å². The Bertz CT molecular complexity index is 5670. The maximum absolute atomic E-state index is 11.7. The lowest BCUT2D eigenvalue weighted by Gasteiger charge is -2.35. The molecule has 2 heterocycles. The van der Waals surface area contributed by atoms with Gasteiger partial charge >= 0.3 is 0 Å². The van der Waals surface area contributed by atoms with Crippen LogP contribution in [-0.4, -0.2) is 25.3 Å². The average molecular weight is 1250 g/mol. The number of nitriles is 4. The monoisotopic (exact) mass is 1250 g/mol. The summed E-state index contributed by atoms with van der Waals surface area (Å²) in [5, 5.41) is 58.3. The molecule has 16 rings (SSSR count). The molecule has 16 aromatic rings. The van der Waals surface area contributed by atoms with E-state index in [-0.39, 0.29) is 0 Å². The van der Waals surface area contributed by atoms with Gasteiger partial charge in [-0.3, -0.25) is 0 Å². The number of hydrogen-bond donors (Lipinski definition) is 0. The highest BCUT2D eigenvalue weighted by atomic mass is 28.3. The molecule has 0 aliphatic rings. The van der Waals surface area contributed by atoms with Crippen LogP contribution in [0.5, 0.6) is 0 Å². The molecule has 0 radical (unpaired) electrons. The van der Waals surface area contributed by atoms with Crippen molar-refractivity contribution >= 4 is 101 Å². The van der Waals surface area contributed by atoms with Crippen LogP contribution in [-0.2, 0) is 0 Å². The van der Waals surface area contributed by atoms with E-state index >= 15 is 0 Å². The predicted octanol–water partition coefficient (Wildman–Crippen LogP) is 15.1. The number of para-hydroxylation sites is 3. The molecule has 0 bridgehead atoms. The maximum Gasteiger partial charge on any atom is 0.181 e. The van der Waals surface area contributed by atoms with Crippen LogP contribution in [0.3, 0.4) is 0 Å². The molecule has 0 saturated carbocycles. The van der Waals surface area contributed by atoms with E-state index < -0.39 is 16.1 Å². The van der Waals surface area contributed by atoms with Crippen molar-refractivity contribution in [2.24, 2.45) is 0 Å². The van der Waals surface area contributed by atoms with Crippen LogP contribution >= 0.6 is 0 Å². The van der Waals surface area contributed by atoms with E-state index in [1.54, 1.807) is 0 Å². The average Bonchev–Trinajstić information content (AvgIpc) is 1.54. The fourth-order valence-electron chi connectivity index (χ4n) is 15.3. The maximum atomic E-state index is 11.7. The van der Waals surface area contributed by atoms with Gasteiger partial charge in [-0.1, -0.05) is 273 Å². The van der Waals surface area contributed by atoms with Crippen LogP contribution in [0, 0.1) is 45.3 Å². The lowest BCUT2D eigenvalue weighted by Crippen LogP contribution is -2.75.